The van der Waals surface area contributed by atoms with Crippen molar-refractivity contribution in [2.45, 2.75) is 158 Å². The van der Waals surface area contributed by atoms with Gasteiger partial charge in [-0.3, -0.25) is 18.5 Å². The number of carbonyl (C=O) groups excluding carboxylic acids is 2. The Hall–Kier alpha value is -4.78. The number of ether oxygens (including phenoxy) is 3. The number of aliphatic hydroxyl groups excluding tert-OH is 3. The van der Waals surface area contributed by atoms with Crippen LogP contribution < -0.4 is 10.2 Å². The highest BCUT2D eigenvalue weighted by atomic mass is 32.2. The molecule has 3 aliphatic rings. The van der Waals surface area contributed by atoms with E-state index in [-0.39, 0.29) is 61.3 Å². The van der Waals surface area contributed by atoms with Crippen LogP contribution in [0, 0.1) is 5.92 Å². The number of amides is 1. The number of fused-ring (bicyclic) bond motifs is 2. The minimum atomic E-state index is -4.49. The van der Waals surface area contributed by atoms with Gasteiger partial charge in [0.2, 0.25) is 5.69 Å². The zero-order chi connectivity index (χ0) is 60.9. The van der Waals surface area contributed by atoms with Gasteiger partial charge in [0.1, 0.15) is 18.4 Å². The fourth-order valence-electron chi connectivity index (χ4n) is 10.7. The molecule has 1 unspecified atom stereocenters. The first-order valence-electron chi connectivity index (χ1n) is 27.5. The first-order valence-corrected chi connectivity index (χ1v) is 33.2. The standard InChI is InChI=1S/C55H81N3O17S3.O3S/c1-5-6-29-56-53(63)75-52-47(37-40(39-59)50(61)51(52)62)74-34-33-73-32-19-21-41(60)20-9-8-15-30-57-46-27-26-42(78(70,71)72)38-44(46)54(2,3)48(57)24-10-7-11-25-49-55(4,28-14-17-35-76(64,65)66)43-22-12-13-23-45(43)58(49)31-16-18-36-77(67,68)69;1-4(2)3/h7,10-13,22-27,38,40,47,50-52,59,61-62H,5-6,8-9,14-21,28-37,39H2,1-4H3,(H3-,56,63,64,65,66,67,68,69,70,71,72);/p+1/t40-,47+,50-,51+,52-,55?;/m1./s1. The molecule has 1 saturated carbocycles. The van der Waals surface area contributed by atoms with Crippen LogP contribution in [0.3, 0.4) is 0 Å². The molecule has 0 saturated heterocycles. The third kappa shape index (κ3) is 21.4. The molecule has 5 rings (SSSR count). The van der Waals surface area contributed by atoms with Crippen molar-refractivity contribution in [3.63, 3.8) is 0 Å². The van der Waals surface area contributed by atoms with Crippen molar-refractivity contribution in [1.29, 1.82) is 0 Å². The Balaban J connectivity index is 0.00000349. The normalized spacial score (nSPS) is 22.1. The molecule has 23 nitrogen and oxygen atoms in total. The number of aliphatic hydroxyl groups is 3. The first-order chi connectivity index (χ1) is 38.5. The van der Waals surface area contributed by atoms with Gasteiger partial charge in [-0.15, -0.1) is 12.6 Å². The Morgan fingerprint density at radius 3 is 2.12 bits per heavy atom. The van der Waals surface area contributed by atoms with Gasteiger partial charge in [-0.05, 0) is 108 Å². The number of nitrogens with one attached hydrogen (secondary N) is 1. The molecule has 0 spiro atoms. The van der Waals surface area contributed by atoms with E-state index in [1.54, 1.807) is 6.07 Å². The molecular weight excluding hydrogens is 1150 g/mol. The van der Waals surface area contributed by atoms with Crippen LogP contribution in [0.4, 0.5) is 16.2 Å². The highest BCUT2D eigenvalue weighted by molar-refractivity contribution is 7.86. The second-order valence-corrected chi connectivity index (χ2v) is 26.3. The van der Waals surface area contributed by atoms with E-state index in [1.807, 2.05) is 75.4 Å². The van der Waals surface area contributed by atoms with E-state index in [2.05, 4.69) is 21.7 Å². The summed E-state index contributed by atoms with van der Waals surface area (Å²) in [5, 5.41) is 33.5. The SMILES string of the molecule is CCCCNC(=O)O[C@H]1[C@@H](O)[C@H](O)[C@@H](CO)C[C@@H]1OCCOCCCC(=O)CCCCC[N+]1=C(C=CC=CC=C2N(CCCCS(=O)(=O)O)c3ccccc3C2(C)CCCCS(=O)(=O)O)C(C)(C)c2cc(S(=O)(=O)O)ccc21.O=S(=O)=O. The van der Waals surface area contributed by atoms with Crippen LogP contribution in [0.2, 0.25) is 0 Å². The lowest BCUT2D eigenvalue weighted by Crippen LogP contribution is -2.57. The van der Waals surface area contributed by atoms with Crippen LogP contribution in [0.5, 0.6) is 0 Å². The van der Waals surface area contributed by atoms with Crippen molar-refractivity contribution in [2.24, 2.45) is 5.92 Å². The van der Waals surface area contributed by atoms with Gasteiger partial charge in [0, 0.05) is 86.0 Å². The second kappa shape index (κ2) is 32.5. The predicted molar refractivity (Wildman–Crippen MR) is 306 cm³/mol. The number of para-hydroxylation sites is 1. The van der Waals surface area contributed by atoms with E-state index in [1.165, 1.54) is 12.1 Å². The number of carbonyl (C=O) groups is 2. The minimum absolute atomic E-state index is 0.0932. The molecule has 2 aromatic rings. The van der Waals surface area contributed by atoms with Gasteiger partial charge < -0.3 is 39.7 Å². The Bertz CT molecular complexity index is 3050. The summed E-state index contributed by atoms with van der Waals surface area (Å²) in [4.78, 5) is 27.2. The van der Waals surface area contributed by atoms with Gasteiger partial charge in [0.05, 0.1) is 47.2 Å². The van der Waals surface area contributed by atoms with Crippen molar-refractivity contribution in [2.75, 3.05) is 62.5 Å². The van der Waals surface area contributed by atoms with Crippen LogP contribution in [-0.4, -0.2) is 171 Å². The van der Waals surface area contributed by atoms with Gasteiger partial charge in [-0.2, -0.15) is 29.8 Å². The summed E-state index contributed by atoms with van der Waals surface area (Å²) >= 11 is 0. The van der Waals surface area contributed by atoms with Crippen molar-refractivity contribution >= 4 is 69.9 Å². The number of nitrogens with zero attached hydrogens (tertiary/aromatic N) is 2. The Labute approximate surface area is 483 Å². The van der Waals surface area contributed by atoms with Crippen molar-refractivity contribution in [1.82, 2.24) is 5.32 Å². The summed E-state index contributed by atoms with van der Waals surface area (Å²) in [6.45, 7) is 9.60. The van der Waals surface area contributed by atoms with Crippen LogP contribution in [0.25, 0.3) is 0 Å². The number of hydrogen-bond donors (Lipinski definition) is 7. The van der Waals surface area contributed by atoms with E-state index in [4.69, 9.17) is 26.8 Å². The molecule has 7 N–H and O–H groups in total. The number of anilines is 1. The maximum atomic E-state index is 12.9. The number of Topliss-reactive ketones (excluding diaryl/α,β-unsaturated/α-hetero) is 1. The maximum Gasteiger partial charge on any atom is 0.425 e. The fraction of sp³-hybridized carbons (Fsp3) is 0.618. The molecule has 2 heterocycles. The molecule has 460 valence electrons. The van der Waals surface area contributed by atoms with E-state index >= 15 is 0 Å². The van der Waals surface area contributed by atoms with E-state index in [9.17, 15) is 63.8 Å². The zero-order valence-electron chi connectivity index (χ0n) is 47.0. The Morgan fingerprint density at radius 2 is 1.46 bits per heavy atom. The molecule has 0 radical (unpaired) electrons. The highest BCUT2D eigenvalue weighted by Crippen LogP contribution is 2.51. The molecule has 27 heteroatoms. The predicted octanol–water partition coefficient (Wildman–Crippen LogP) is 5.75. The number of allylic oxidation sites excluding steroid dienone is 6. The molecule has 1 amide bonds. The molecule has 0 aromatic heterocycles. The quantitative estimate of drug-likeness (QED) is 0.0194. The van der Waals surface area contributed by atoms with Crippen molar-refractivity contribution < 1.29 is 95.2 Å². The zero-order valence-corrected chi connectivity index (χ0v) is 50.3. The van der Waals surface area contributed by atoms with Gasteiger partial charge in [-0.1, -0.05) is 56.2 Å². The lowest BCUT2D eigenvalue weighted by molar-refractivity contribution is -0.438. The third-order valence-corrected chi connectivity index (χ3v) is 17.3. The molecule has 2 aromatic carbocycles. The van der Waals surface area contributed by atoms with Crippen molar-refractivity contribution in [3.8, 4) is 0 Å². The number of alkyl carbamates (subject to hydrolysis) is 1. The fourth-order valence-corrected chi connectivity index (χ4v) is 12.3. The summed E-state index contributed by atoms with van der Waals surface area (Å²) in [6.07, 6.45) is 11.3. The summed E-state index contributed by atoms with van der Waals surface area (Å²) in [5.41, 5.74) is 3.98. The third-order valence-electron chi connectivity index (χ3n) is 14.9. The van der Waals surface area contributed by atoms with Gasteiger partial charge in [0.25, 0.3) is 30.4 Å². The van der Waals surface area contributed by atoms with Gasteiger partial charge in [-0.25, -0.2) is 4.79 Å². The van der Waals surface area contributed by atoms with Crippen LogP contribution >= 0.6 is 0 Å². The molecule has 2 aliphatic heterocycles. The highest BCUT2D eigenvalue weighted by Gasteiger charge is 2.47. The van der Waals surface area contributed by atoms with Gasteiger partial charge in [0.15, 0.2) is 11.8 Å². The smallest absolute Gasteiger partial charge is 0.425 e. The monoisotopic (exact) mass is 1230 g/mol. The van der Waals surface area contributed by atoms with Gasteiger partial charge >= 0.3 is 16.7 Å². The van der Waals surface area contributed by atoms with E-state index in [0.29, 0.717) is 83.2 Å². The molecular formula is C55H82N3O20S4+. The molecule has 0 bridgehead atoms. The average molecular weight is 1230 g/mol. The second-order valence-electron chi connectivity index (χ2n) is 21.3. The van der Waals surface area contributed by atoms with Crippen LogP contribution in [-0.2, 0) is 70.8 Å². The minimum Gasteiger partial charge on any atom is -0.441 e. The molecule has 1 aliphatic carbocycles. The maximum absolute atomic E-state index is 12.9. The Kier molecular flexibility index (Phi) is 27.6. The van der Waals surface area contributed by atoms with Crippen LogP contribution in [0.15, 0.2) is 83.4 Å². The largest absolute Gasteiger partial charge is 0.441 e. The number of rotatable bonds is 33. The van der Waals surface area contributed by atoms with Crippen LogP contribution in [0.1, 0.15) is 129 Å². The number of hydrogen-bond acceptors (Lipinski definition) is 18. The number of unbranched alkanes of at least 4 members (excludes halogenated alkanes) is 5. The lowest BCUT2D eigenvalue weighted by Gasteiger charge is -2.41. The summed E-state index contributed by atoms with van der Waals surface area (Å²) in [5.74, 6) is -1.30. The van der Waals surface area contributed by atoms with E-state index < -0.39 is 88.2 Å². The van der Waals surface area contributed by atoms with Crippen molar-refractivity contribution in [3.05, 3.63) is 89.7 Å². The summed E-state index contributed by atoms with van der Waals surface area (Å²) < 4.78 is 144. The summed E-state index contributed by atoms with van der Waals surface area (Å²) in [6, 6.07) is 12.4. The summed E-state index contributed by atoms with van der Waals surface area (Å²) in [7, 11) is -15.9. The Morgan fingerprint density at radius 1 is 0.793 bits per heavy atom. The molecule has 82 heavy (non-hydrogen) atoms. The topological polar surface area (TPSA) is 355 Å². The molecule has 1 fully saturated rings. The van der Waals surface area contributed by atoms with E-state index in [0.717, 1.165) is 47.6 Å². The lowest BCUT2D eigenvalue weighted by atomic mass is 9.77. The average Bonchev–Trinajstić information content (AvgIpc) is 3.35. The molecule has 6 atom stereocenters. The first kappa shape index (κ1) is 69.7. The number of ketones is 1. The number of benzene rings is 2.